The second kappa shape index (κ2) is 6.81. The molecule has 0 unspecified atom stereocenters. The number of anilines is 2. The molecule has 0 aliphatic carbocycles. The number of hydrogen-bond acceptors (Lipinski definition) is 4. The van der Waals surface area contributed by atoms with Crippen LogP contribution in [-0.2, 0) is 19.1 Å². The molecule has 0 spiro atoms. The summed E-state index contributed by atoms with van der Waals surface area (Å²) in [5.41, 5.74) is 0.687. The summed E-state index contributed by atoms with van der Waals surface area (Å²) in [5, 5.41) is 2.67. The Balaban J connectivity index is 1.94. The molecule has 0 aromatic heterocycles. The molecule has 0 bridgehead atoms. The lowest BCUT2D eigenvalue weighted by molar-refractivity contribution is -0.155. The number of esters is 1. The van der Waals surface area contributed by atoms with Crippen molar-refractivity contribution in [3.63, 3.8) is 0 Å². The Bertz CT molecular complexity index is 619. The molecule has 1 aromatic rings. The first-order valence-corrected chi connectivity index (χ1v) is 7.65. The molecular weight excluding hydrogens is 296 g/mol. The average molecular weight is 318 g/mol. The van der Waals surface area contributed by atoms with E-state index >= 15 is 0 Å². The van der Waals surface area contributed by atoms with Crippen LogP contribution in [0, 0.1) is 5.41 Å². The summed E-state index contributed by atoms with van der Waals surface area (Å²) in [6.45, 7) is 5.54. The lowest BCUT2D eigenvalue weighted by Gasteiger charge is -2.17. The summed E-state index contributed by atoms with van der Waals surface area (Å²) < 4.78 is 4.97. The minimum atomic E-state index is -0.643. The average Bonchev–Trinajstić information content (AvgIpc) is 2.90. The molecule has 0 radical (unpaired) electrons. The van der Waals surface area contributed by atoms with E-state index in [-0.39, 0.29) is 12.5 Å². The lowest BCUT2D eigenvalue weighted by atomic mass is 9.97. The third-order valence-corrected chi connectivity index (χ3v) is 3.46. The first-order chi connectivity index (χ1) is 10.8. The fourth-order valence-electron chi connectivity index (χ4n) is 2.22. The molecule has 2 amide bonds. The molecule has 6 nitrogen and oxygen atoms in total. The Morgan fingerprint density at radius 3 is 2.65 bits per heavy atom. The molecule has 23 heavy (non-hydrogen) atoms. The molecule has 1 heterocycles. The van der Waals surface area contributed by atoms with Gasteiger partial charge in [-0.25, -0.2) is 0 Å². The first-order valence-electron chi connectivity index (χ1n) is 7.65. The van der Waals surface area contributed by atoms with Crippen molar-refractivity contribution in [1.29, 1.82) is 0 Å². The second-order valence-electron chi connectivity index (χ2n) is 6.57. The minimum absolute atomic E-state index is 0.0904. The van der Waals surface area contributed by atoms with Crippen LogP contribution in [0.25, 0.3) is 0 Å². The molecule has 1 aliphatic heterocycles. The van der Waals surface area contributed by atoms with E-state index in [2.05, 4.69) is 5.32 Å². The van der Waals surface area contributed by atoms with E-state index in [9.17, 15) is 14.4 Å². The Labute approximate surface area is 135 Å². The van der Waals surface area contributed by atoms with Crippen molar-refractivity contribution >= 4 is 29.2 Å². The van der Waals surface area contributed by atoms with Crippen LogP contribution in [0.2, 0.25) is 0 Å². The highest BCUT2D eigenvalue weighted by Gasteiger charge is 2.24. The van der Waals surface area contributed by atoms with Crippen molar-refractivity contribution in [1.82, 2.24) is 0 Å². The molecule has 0 saturated carbocycles. The number of amides is 2. The number of nitrogens with zero attached hydrogens (tertiary/aromatic N) is 1. The Morgan fingerprint density at radius 1 is 1.30 bits per heavy atom. The number of nitrogens with one attached hydrogen (secondary N) is 1. The number of rotatable bonds is 4. The Kier molecular flexibility index (Phi) is 5.03. The standard InChI is InChI=1S/C17H22N2O4/c1-17(2,3)16(22)23-11-14(20)18-12-6-4-7-13(10-12)19-9-5-8-15(19)21/h4,6-7,10H,5,8-9,11H2,1-3H3,(H,18,20). The predicted molar refractivity (Wildman–Crippen MR) is 87.1 cm³/mol. The van der Waals surface area contributed by atoms with Gasteiger partial charge in [0.2, 0.25) is 5.91 Å². The van der Waals surface area contributed by atoms with Crippen LogP contribution in [0.3, 0.4) is 0 Å². The van der Waals surface area contributed by atoms with Gasteiger partial charge in [0.05, 0.1) is 5.41 Å². The zero-order valence-corrected chi connectivity index (χ0v) is 13.7. The third kappa shape index (κ3) is 4.55. The van der Waals surface area contributed by atoms with Gasteiger partial charge >= 0.3 is 5.97 Å². The first kappa shape index (κ1) is 17.0. The normalized spacial score (nSPS) is 14.7. The highest BCUT2D eigenvalue weighted by atomic mass is 16.5. The van der Waals surface area contributed by atoms with E-state index in [1.807, 2.05) is 6.07 Å². The molecule has 124 valence electrons. The van der Waals surface area contributed by atoms with Crippen LogP contribution in [0.15, 0.2) is 24.3 Å². The monoisotopic (exact) mass is 318 g/mol. The van der Waals surface area contributed by atoms with Gasteiger partial charge < -0.3 is 15.0 Å². The summed E-state index contributed by atoms with van der Waals surface area (Å²) in [6, 6.07) is 7.08. The topological polar surface area (TPSA) is 75.7 Å². The summed E-state index contributed by atoms with van der Waals surface area (Å²) in [6.07, 6.45) is 1.40. The highest BCUT2D eigenvalue weighted by Crippen LogP contribution is 2.24. The Hall–Kier alpha value is -2.37. The van der Waals surface area contributed by atoms with Crippen LogP contribution in [0.5, 0.6) is 0 Å². The van der Waals surface area contributed by atoms with E-state index in [1.165, 1.54) is 0 Å². The van der Waals surface area contributed by atoms with Gasteiger partial charge in [0, 0.05) is 24.3 Å². The molecule has 1 aliphatic rings. The van der Waals surface area contributed by atoms with Crippen molar-refractivity contribution < 1.29 is 19.1 Å². The van der Waals surface area contributed by atoms with Crippen LogP contribution in [0.4, 0.5) is 11.4 Å². The molecule has 1 aromatic carbocycles. The van der Waals surface area contributed by atoms with Gasteiger partial charge in [-0.2, -0.15) is 0 Å². The maximum atomic E-state index is 11.9. The maximum absolute atomic E-state index is 11.9. The van der Waals surface area contributed by atoms with E-state index in [0.29, 0.717) is 18.7 Å². The zero-order chi connectivity index (χ0) is 17.0. The van der Waals surface area contributed by atoms with Crippen LogP contribution < -0.4 is 10.2 Å². The quantitative estimate of drug-likeness (QED) is 0.865. The SMILES string of the molecule is CC(C)(C)C(=O)OCC(=O)Nc1cccc(N2CCCC2=O)c1. The lowest BCUT2D eigenvalue weighted by Crippen LogP contribution is -2.28. The molecule has 0 atom stereocenters. The van der Waals surface area contributed by atoms with Crippen molar-refractivity contribution in [2.24, 2.45) is 5.41 Å². The second-order valence-corrected chi connectivity index (χ2v) is 6.57. The van der Waals surface area contributed by atoms with Gasteiger partial charge in [0.25, 0.3) is 5.91 Å². The van der Waals surface area contributed by atoms with Gasteiger partial charge in [-0.05, 0) is 45.4 Å². The van der Waals surface area contributed by atoms with Crippen LogP contribution in [0.1, 0.15) is 33.6 Å². The van der Waals surface area contributed by atoms with Gasteiger partial charge in [-0.1, -0.05) is 6.07 Å². The van der Waals surface area contributed by atoms with Crippen LogP contribution >= 0.6 is 0 Å². The van der Waals surface area contributed by atoms with E-state index in [0.717, 1.165) is 12.1 Å². The number of benzene rings is 1. The predicted octanol–water partition coefficient (Wildman–Crippen LogP) is 2.34. The zero-order valence-electron chi connectivity index (χ0n) is 13.7. The van der Waals surface area contributed by atoms with Gasteiger partial charge in [0.1, 0.15) is 0 Å². The van der Waals surface area contributed by atoms with Crippen molar-refractivity contribution in [3.05, 3.63) is 24.3 Å². The molecule has 6 heteroatoms. The maximum Gasteiger partial charge on any atom is 0.311 e. The fraction of sp³-hybridized carbons (Fsp3) is 0.471. The van der Waals surface area contributed by atoms with Crippen molar-refractivity contribution in [3.8, 4) is 0 Å². The van der Waals surface area contributed by atoms with Gasteiger partial charge in [-0.15, -0.1) is 0 Å². The number of carbonyl (C=O) groups excluding carboxylic acids is 3. The third-order valence-electron chi connectivity index (χ3n) is 3.46. The largest absolute Gasteiger partial charge is 0.455 e. The van der Waals surface area contributed by atoms with Crippen molar-refractivity contribution in [2.45, 2.75) is 33.6 Å². The minimum Gasteiger partial charge on any atom is -0.455 e. The molecule has 1 fully saturated rings. The van der Waals surface area contributed by atoms with E-state index in [4.69, 9.17) is 4.74 Å². The van der Waals surface area contributed by atoms with E-state index in [1.54, 1.807) is 43.9 Å². The summed E-state index contributed by atoms with van der Waals surface area (Å²) >= 11 is 0. The number of hydrogen-bond donors (Lipinski definition) is 1. The fourth-order valence-corrected chi connectivity index (χ4v) is 2.22. The molecule has 1 saturated heterocycles. The summed E-state index contributed by atoms with van der Waals surface area (Å²) in [4.78, 5) is 37.0. The van der Waals surface area contributed by atoms with Gasteiger partial charge in [0.15, 0.2) is 6.61 Å². The number of ether oxygens (including phenoxy) is 1. The van der Waals surface area contributed by atoms with E-state index < -0.39 is 17.3 Å². The van der Waals surface area contributed by atoms with Crippen LogP contribution in [-0.4, -0.2) is 30.9 Å². The summed E-state index contributed by atoms with van der Waals surface area (Å²) in [7, 11) is 0. The molecule has 1 N–H and O–H groups in total. The van der Waals surface area contributed by atoms with Gasteiger partial charge in [-0.3, -0.25) is 14.4 Å². The molecule has 2 rings (SSSR count). The number of carbonyl (C=O) groups is 3. The van der Waals surface area contributed by atoms with Crippen molar-refractivity contribution in [2.75, 3.05) is 23.4 Å². The highest BCUT2D eigenvalue weighted by molar-refractivity contribution is 5.97. The Morgan fingerprint density at radius 2 is 2.04 bits per heavy atom. The molecular formula is C17H22N2O4. The summed E-state index contributed by atoms with van der Waals surface area (Å²) in [5.74, 6) is -0.746. The smallest absolute Gasteiger partial charge is 0.311 e.